The molecule has 1 aromatic carbocycles. The van der Waals surface area contributed by atoms with E-state index in [1.165, 1.54) is 0 Å². The first kappa shape index (κ1) is 19.1. The molecule has 0 saturated carbocycles. The molecule has 1 aliphatic heterocycles. The van der Waals surface area contributed by atoms with E-state index in [-0.39, 0.29) is 23.2 Å². The lowest BCUT2D eigenvalue weighted by Crippen LogP contribution is -2.54. The minimum atomic E-state index is -0.535. The van der Waals surface area contributed by atoms with E-state index in [2.05, 4.69) is 15.9 Å². The van der Waals surface area contributed by atoms with E-state index in [0.717, 1.165) is 12.1 Å². The average Bonchev–Trinajstić information content (AvgIpc) is 2.47. The Kier molecular flexibility index (Phi) is 5.86. The molecule has 1 aromatic rings. The molecule has 0 N–H and O–H groups in total. The van der Waals surface area contributed by atoms with E-state index in [9.17, 15) is 13.6 Å². The van der Waals surface area contributed by atoms with Crippen LogP contribution in [0.3, 0.4) is 0 Å². The highest BCUT2D eigenvalue weighted by Crippen LogP contribution is 2.26. The lowest BCUT2D eigenvalue weighted by atomic mass is 10.1. The molecule has 1 saturated heterocycles. The van der Waals surface area contributed by atoms with Gasteiger partial charge in [-0.25, -0.2) is 13.6 Å². The zero-order chi connectivity index (χ0) is 18.1. The maximum atomic E-state index is 14.0. The van der Waals surface area contributed by atoms with E-state index in [4.69, 9.17) is 4.74 Å². The molecule has 1 heterocycles. The lowest BCUT2D eigenvalue weighted by Gasteiger charge is -2.40. The molecular formula is C17H23BrF2N2O2. The number of amides is 1. The zero-order valence-corrected chi connectivity index (χ0v) is 16.0. The summed E-state index contributed by atoms with van der Waals surface area (Å²) in [5.41, 5.74) is -0.236. The van der Waals surface area contributed by atoms with Crippen LogP contribution in [0.15, 0.2) is 16.6 Å². The van der Waals surface area contributed by atoms with Crippen LogP contribution in [-0.2, 0) is 11.3 Å². The topological polar surface area (TPSA) is 32.8 Å². The molecule has 0 spiro atoms. The Balaban J connectivity index is 2.02. The van der Waals surface area contributed by atoms with Gasteiger partial charge in [0.2, 0.25) is 0 Å². The largest absolute Gasteiger partial charge is 0.444 e. The first-order valence-corrected chi connectivity index (χ1v) is 8.72. The molecule has 0 aliphatic carbocycles. The summed E-state index contributed by atoms with van der Waals surface area (Å²) in [6.07, 6.45) is -0.341. The highest BCUT2D eigenvalue weighted by Gasteiger charge is 2.30. The molecule has 1 fully saturated rings. The van der Waals surface area contributed by atoms with Crippen LogP contribution in [0.5, 0.6) is 0 Å². The van der Waals surface area contributed by atoms with Gasteiger partial charge in [0.15, 0.2) is 0 Å². The predicted octanol–water partition coefficient (Wildman–Crippen LogP) is 4.17. The monoisotopic (exact) mass is 404 g/mol. The molecule has 0 bridgehead atoms. The zero-order valence-electron chi connectivity index (χ0n) is 14.4. The SMILES string of the molecule is CC1CN(C(=O)OC(C)(C)C)CCN1Cc1c(F)ccc(F)c1Br. The number of nitrogens with zero attached hydrogens (tertiary/aromatic N) is 2. The highest BCUT2D eigenvalue weighted by molar-refractivity contribution is 9.10. The van der Waals surface area contributed by atoms with Gasteiger partial charge in [0.25, 0.3) is 0 Å². The second kappa shape index (κ2) is 7.35. The first-order chi connectivity index (χ1) is 11.1. The van der Waals surface area contributed by atoms with Crippen molar-refractivity contribution in [2.75, 3.05) is 19.6 Å². The third kappa shape index (κ3) is 4.66. The van der Waals surface area contributed by atoms with Crippen molar-refractivity contribution in [3.8, 4) is 0 Å². The fourth-order valence-corrected chi connectivity index (χ4v) is 3.09. The number of benzene rings is 1. The minimum absolute atomic E-state index is 0.0147. The van der Waals surface area contributed by atoms with Crippen LogP contribution in [0.4, 0.5) is 13.6 Å². The van der Waals surface area contributed by atoms with Crippen molar-refractivity contribution in [2.24, 2.45) is 0 Å². The maximum Gasteiger partial charge on any atom is 0.410 e. The number of ether oxygens (including phenoxy) is 1. The van der Waals surface area contributed by atoms with E-state index in [0.29, 0.717) is 25.2 Å². The van der Waals surface area contributed by atoms with Gasteiger partial charge in [-0.3, -0.25) is 4.90 Å². The molecule has 1 atom stereocenters. The van der Waals surface area contributed by atoms with Gasteiger partial charge in [0.1, 0.15) is 17.2 Å². The minimum Gasteiger partial charge on any atom is -0.444 e. The third-order valence-corrected chi connectivity index (χ3v) is 4.77. The molecule has 0 aromatic heterocycles. The second-order valence-corrected chi connectivity index (χ2v) is 7.86. The normalized spacial score (nSPS) is 19.5. The van der Waals surface area contributed by atoms with Gasteiger partial charge in [0.05, 0.1) is 4.47 Å². The maximum absolute atomic E-state index is 14.0. The van der Waals surface area contributed by atoms with Crippen LogP contribution in [0, 0.1) is 11.6 Å². The van der Waals surface area contributed by atoms with Gasteiger partial charge in [0, 0.05) is 37.8 Å². The second-order valence-electron chi connectivity index (χ2n) is 7.07. The first-order valence-electron chi connectivity index (χ1n) is 7.93. The van der Waals surface area contributed by atoms with Gasteiger partial charge in [-0.15, -0.1) is 0 Å². The summed E-state index contributed by atoms with van der Waals surface area (Å²) >= 11 is 3.12. The van der Waals surface area contributed by atoms with Crippen LogP contribution < -0.4 is 0 Å². The van der Waals surface area contributed by atoms with Crippen LogP contribution >= 0.6 is 15.9 Å². The van der Waals surface area contributed by atoms with Crippen molar-refractivity contribution < 1.29 is 18.3 Å². The molecule has 0 radical (unpaired) electrons. The number of piperazine rings is 1. The van der Waals surface area contributed by atoms with E-state index in [1.54, 1.807) is 4.90 Å². The fraction of sp³-hybridized carbons (Fsp3) is 0.588. The standard InChI is InChI=1S/C17H23BrF2N2O2/c1-11-9-22(16(23)24-17(2,3)4)8-7-21(11)10-12-13(19)5-6-14(20)15(12)18/h5-6,11H,7-10H2,1-4H3. The molecule has 134 valence electrons. The molecule has 4 nitrogen and oxygen atoms in total. The summed E-state index contributed by atoms with van der Waals surface area (Å²) in [5, 5.41) is 0. The fourth-order valence-electron chi connectivity index (χ4n) is 2.64. The Hall–Kier alpha value is -1.21. The van der Waals surface area contributed by atoms with E-state index < -0.39 is 17.2 Å². The van der Waals surface area contributed by atoms with E-state index in [1.807, 2.05) is 32.6 Å². The van der Waals surface area contributed by atoms with Gasteiger partial charge in [-0.2, -0.15) is 0 Å². The summed E-state index contributed by atoms with van der Waals surface area (Å²) < 4.78 is 33.2. The lowest BCUT2D eigenvalue weighted by molar-refractivity contribution is 0.00442. The molecule has 7 heteroatoms. The smallest absolute Gasteiger partial charge is 0.410 e. The van der Waals surface area contributed by atoms with Gasteiger partial charge in [-0.05, 0) is 55.8 Å². The van der Waals surface area contributed by atoms with Crippen molar-refractivity contribution in [1.29, 1.82) is 0 Å². The summed E-state index contributed by atoms with van der Waals surface area (Å²) in [4.78, 5) is 15.8. The number of carbonyl (C=O) groups is 1. The Morgan fingerprint density at radius 2 is 1.92 bits per heavy atom. The average molecular weight is 405 g/mol. The molecule has 2 rings (SSSR count). The highest BCUT2D eigenvalue weighted by atomic mass is 79.9. The summed E-state index contributed by atoms with van der Waals surface area (Å²) in [7, 11) is 0. The van der Waals surface area contributed by atoms with Crippen molar-refractivity contribution in [3.63, 3.8) is 0 Å². The van der Waals surface area contributed by atoms with Crippen LogP contribution in [0.25, 0.3) is 0 Å². The van der Waals surface area contributed by atoms with E-state index >= 15 is 0 Å². The van der Waals surface area contributed by atoms with Crippen molar-refractivity contribution in [3.05, 3.63) is 33.8 Å². The third-order valence-electron chi connectivity index (χ3n) is 3.92. The Labute approximate surface area is 149 Å². The number of halogens is 3. The molecule has 1 unspecified atom stereocenters. The van der Waals surface area contributed by atoms with Crippen LogP contribution in [0.1, 0.15) is 33.3 Å². The van der Waals surface area contributed by atoms with Crippen LogP contribution in [0.2, 0.25) is 0 Å². The van der Waals surface area contributed by atoms with Crippen molar-refractivity contribution in [1.82, 2.24) is 9.80 Å². The Morgan fingerprint density at radius 1 is 1.29 bits per heavy atom. The van der Waals surface area contributed by atoms with Crippen molar-refractivity contribution >= 4 is 22.0 Å². The number of hydrogen-bond donors (Lipinski definition) is 0. The quantitative estimate of drug-likeness (QED) is 0.693. The molecule has 24 heavy (non-hydrogen) atoms. The molecule has 1 amide bonds. The van der Waals surface area contributed by atoms with Gasteiger partial charge >= 0.3 is 6.09 Å². The van der Waals surface area contributed by atoms with Gasteiger partial charge in [-0.1, -0.05) is 0 Å². The molecular weight excluding hydrogens is 382 g/mol. The Bertz CT molecular complexity index is 619. The number of carbonyl (C=O) groups excluding carboxylic acids is 1. The number of rotatable bonds is 2. The summed E-state index contributed by atoms with van der Waals surface area (Å²) in [5.74, 6) is -0.920. The summed E-state index contributed by atoms with van der Waals surface area (Å²) in [6.45, 7) is 9.29. The van der Waals surface area contributed by atoms with Crippen molar-refractivity contribution in [2.45, 2.75) is 45.9 Å². The van der Waals surface area contributed by atoms with Crippen LogP contribution in [-0.4, -0.2) is 47.2 Å². The Morgan fingerprint density at radius 3 is 2.50 bits per heavy atom. The van der Waals surface area contributed by atoms with Gasteiger partial charge < -0.3 is 9.64 Å². The molecule has 1 aliphatic rings. The summed E-state index contributed by atoms with van der Waals surface area (Å²) in [6, 6.07) is 2.25. The number of hydrogen-bond acceptors (Lipinski definition) is 3. The predicted molar refractivity (Wildman–Crippen MR) is 91.7 cm³/mol.